The van der Waals surface area contributed by atoms with Crippen LogP contribution in [0, 0.1) is 0 Å². The van der Waals surface area contributed by atoms with Gasteiger partial charge in [-0.05, 0) is 17.9 Å². The summed E-state index contributed by atoms with van der Waals surface area (Å²) >= 11 is 0. The Balaban J connectivity index is 2.27. The molecule has 2 aromatic carbocycles. The van der Waals surface area contributed by atoms with Gasteiger partial charge in [-0.3, -0.25) is 19.3 Å². The lowest BCUT2D eigenvalue weighted by Crippen LogP contribution is -2.30. The molecule has 1 aliphatic rings. The fourth-order valence-electron chi connectivity index (χ4n) is 2.87. The van der Waals surface area contributed by atoms with Crippen LogP contribution in [0.15, 0.2) is 30.3 Å². The van der Waals surface area contributed by atoms with E-state index >= 15 is 0 Å². The third kappa shape index (κ3) is 2.06. The summed E-state index contributed by atoms with van der Waals surface area (Å²) in [5.41, 5.74) is 1.35. The summed E-state index contributed by atoms with van der Waals surface area (Å²) < 4.78 is 0. The Kier molecular flexibility index (Phi) is 3.41. The van der Waals surface area contributed by atoms with Crippen molar-refractivity contribution in [3.63, 3.8) is 0 Å². The van der Waals surface area contributed by atoms with Crippen molar-refractivity contribution in [3.8, 4) is 0 Å². The summed E-state index contributed by atoms with van der Waals surface area (Å²) in [6.45, 7) is 3.74. The first-order chi connectivity index (χ1) is 10.5. The molecule has 1 aliphatic heterocycles. The standard InChI is InChI=1S/C17H16N2O3/c1-3-8-19-16(21)13-9-14(18-10(2)20)11-6-4-5-7-12(11)15(13)17(19)22/h4-7,9H,3,8H2,1-2H3,(H,18,20). The molecule has 0 saturated carbocycles. The van der Waals surface area contributed by atoms with Crippen molar-refractivity contribution in [2.24, 2.45) is 0 Å². The molecule has 22 heavy (non-hydrogen) atoms. The average Bonchev–Trinajstić information content (AvgIpc) is 2.72. The van der Waals surface area contributed by atoms with Crippen molar-refractivity contribution in [2.75, 3.05) is 11.9 Å². The van der Waals surface area contributed by atoms with Gasteiger partial charge in [0.2, 0.25) is 5.91 Å². The summed E-state index contributed by atoms with van der Waals surface area (Å²) in [4.78, 5) is 37.7. The van der Waals surface area contributed by atoms with E-state index < -0.39 is 0 Å². The Morgan fingerprint density at radius 2 is 1.82 bits per heavy atom. The lowest BCUT2D eigenvalue weighted by Gasteiger charge is -2.11. The van der Waals surface area contributed by atoms with Crippen LogP contribution in [-0.2, 0) is 4.79 Å². The molecule has 0 spiro atoms. The molecule has 2 aromatic rings. The number of benzene rings is 2. The molecule has 0 aromatic heterocycles. The molecule has 1 heterocycles. The molecule has 5 heteroatoms. The van der Waals surface area contributed by atoms with Crippen LogP contribution in [-0.4, -0.2) is 29.2 Å². The maximum atomic E-state index is 12.6. The van der Waals surface area contributed by atoms with Gasteiger partial charge >= 0.3 is 0 Å². The van der Waals surface area contributed by atoms with Crippen LogP contribution in [0.3, 0.4) is 0 Å². The molecule has 0 unspecified atom stereocenters. The predicted molar refractivity (Wildman–Crippen MR) is 83.9 cm³/mol. The van der Waals surface area contributed by atoms with Crippen molar-refractivity contribution >= 4 is 34.2 Å². The summed E-state index contributed by atoms with van der Waals surface area (Å²) in [6, 6.07) is 8.90. The Morgan fingerprint density at radius 3 is 2.45 bits per heavy atom. The van der Waals surface area contributed by atoms with Crippen LogP contribution in [0.5, 0.6) is 0 Å². The third-order valence-corrected chi connectivity index (χ3v) is 3.74. The van der Waals surface area contributed by atoms with Crippen LogP contribution in [0.1, 0.15) is 41.0 Å². The van der Waals surface area contributed by atoms with E-state index in [-0.39, 0.29) is 17.7 Å². The van der Waals surface area contributed by atoms with E-state index in [1.807, 2.05) is 25.1 Å². The second kappa shape index (κ2) is 5.26. The van der Waals surface area contributed by atoms with Crippen LogP contribution in [0.25, 0.3) is 10.8 Å². The zero-order chi connectivity index (χ0) is 15.9. The number of imide groups is 1. The topological polar surface area (TPSA) is 66.5 Å². The number of carbonyl (C=O) groups excluding carboxylic acids is 3. The average molecular weight is 296 g/mol. The molecule has 0 saturated heterocycles. The largest absolute Gasteiger partial charge is 0.326 e. The number of rotatable bonds is 3. The van der Waals surface area contributed by atoms with Gasteiger partial charge in [0.25, 0.3) is 11.8 Å². The molecular weight excluding hydrogens is 280 g/mol. The summed E-state index contributed by atoms with van der Waals surface area (Å²) in [7, 11) is 0. The fraction of sp³-hybridized carbons (Fsp3) is 0.235. The second-order valence-corrected chi connectivity index (χ2v) is 5.34. The number of amides is 3. The number of nitrogens with one attached hydrogen (secondary N) is 1. The minimum atomic E-state index is -0.292. The first-order valence-electron chi connectivity index (χ1n) is 7.24. The highest BCUT2D eigenvalue weighted by atomic mass is 16.2. The number of hydrogen-bond acceptors (Lipinski definition) is 3. The fourth-order valence-corrected chi connectivity index (χ4v) is 2.87. The van der Waals surface area contributed by atoms with Gasteiger partial charge < -0.3 is 5.32 Å². The predicted octanol–water partition coefficient (Wildman–Crippen LogP) is 2.80. The van der Waals surface area contributed by atoms with Crippen LogP contribution in [0.2, 0.25) is 0 Å². The van der Waals surface area contributed by atoms with Crippen molar-refractivity contribution in [1.82, 2.24) is 4.90 Å². The normalized spacial score (nSPS) is 13.6. The molecule has 0 aliphatic carbocycles. The number of anilines is 1. The van der Waals surface area contributed by atoms with Gasteiger partial charge in [0.05, 0.1) is 11.1 Å². The van der Waals surface area contributed by atoms with Crippen LogP contribution in [0.4, 0.5) is 5.69 Å². The zero-order valence-electron chi connectivity index (χ0n) is 12.5. The van der Waals surface area contributed by atoms with Gasteiger partial charge in [-0.15, -0.1) is 0 Å². The molecule has 0 fully saturated rings. The summed E-state index contributed by atoms with van der Waals surface area (Å²) in [5.74, 6) is -0.765. The minimum Gasteiger partial charge on any atom is -0.326 e. The van der Waals surface area contributed by atoms with Crippen molar-refractivity contribution < 1.29 is 14.4 Å². The Labute approximate surface area is 127 Å². The van der Waals surface area contributed by atoms with E-state index in [9.17, 15) is 14.4 Å². The Morgan fingerprint density at radius 1 is 1.14 bits per heavy atom. The lowest BCUT2D eigenvalue weighted by molar-refractivity contribution is -0.114. The first-order valence-corrected chi connectivity index (χ1v) is 7.24. The van der Waals surface area contributed by atoms with E-state index in [4.69, 9.17) is 0 Å². The number of hydrogen-bond donors (Lipinski definition) is 1. The first kappa shape index (κ1) is 14.3. The van der Waals surface area contributed by atoms with Crippen molar-refractivity contribution in [2.45, 2.75) is 20.3 Å². The minimum absolute atomic E-state index is 0.215. The van der Waals surface area contributed by atoms with E-state index in [2.05, 4.69) is 5.32 Å². The highest BCUT2D eigenvalue weighted by Crippen LogP contribution is 2.35. The monoisotopic (exact) mass is 296 g/mol. The highest BCUT2D eigenvalue weighted by Gasteiger charge is 2.37. The van der Waals surface area contributed by atoms with E-state index in [1.54, 1.807) is 12.1 Å². The highest BCUT2D eigenvalue weighted by molar-refractivity contribution is 6.28. The maximum absolute atomic E-state index is 12.6. The second-order valence-electron chi connectivity index (χ2n) is 5.34. The van der Waals surface area contributed by atoms with Crippen LogP contribution < -0.4 is 5.32 Å². The molecular formula is C17H16N2O3. The van der Waals surface area contributed by atoms with Gasteiger partial charge in [-0.1, -0.05) is 31.2 Å². The number of nitrogens with zero attached hydrogens (tertiary/aromatic N) is 1. The molecule has 1 N–H and O–H groups in total. The summed E-state index contributed by atoms with van der Waals surface area (Å²) in [5, 5.41) is 4.19. The molecule has 0 bridgehead atoms. The van der Waals surface area contributed by atoms with E-state index in [0.717, 1.165) is 5.39 Å². The number of fused-ring (bicyclic) bond motifs is 3. The lowest BCUT2D eigenvalue weighted by atomic mass is 9.98. The quantitative estimate of drug-likeness (QED) is 0.886. The SMILES string of the molecule is CCCN1C(=O)c2cc(NC(C)=O)c3ccccc3c2C1=O. The molecule has 0 radical (unpaired) electrons. The smallest absolute Gasteiger partial charge is 0.262 e. The van der Waals surface area contributed by atoms with Gasteiger partial charge in [-0.25, -0.2) is 0 Å². The molecule has 112 valence electrons. The van der Waals surface area contributed by atoms with Gasteiger partial charge in [-0.2, -0.15) is 0 Å². The van der Waals surface area contributed by atoms with Gasteiger partial charge in [0, 0.05) is 24.5 Å². The zero-order valence-corrected chi connectivity index (χ0v) is 12.5. The maximum Gasteiger partial charge on any atom is 0.262 e. The van der Waals surface area contributed by atoms with Gasteiger partial charge in [0.15, 0.2) is 0 Å². The van der Waals surface area contributed by atoms with Crippen LogP contribution >= 0.6 is 0 Å². The number of carbonyl (C=O) groups is 3. The Hall–Kier alpha value is -2.69. The Bertz CT molecular complexity index is 811. The molecule has 3 amide bonds. The summed E-state index contributed by atoms with van der Waals surface area (Å²) in [6.07, 6.45) is 0.710. The molecule has 0 atom stereocenters. The van der Waals surface area contributed by atoms with Crippen molar-refractivity contribution in [1.29, 1.82) is 0 Å². The molecule has 5 nitrogen and oxygen atoms in total. The van der Waals surface area contributed by atoms with Crippen molar-refractivity contribution in [3.05, 3.63) is 41.5 Å². The van der Waals surface area contributed by atoms with E-state index in [0.29, 0.717) is 35.2 Å². The van der Waals surface area contributed by atoms with Gasteiger partial charge in [0.1, 0.15) is 0 Å². The third-order valence-electron chi connectivity index (χ3n) is 3.74. The van der Waals surface area contributed by atoms with E-state index in [1.165, 1.54) is 11.8 Å². The molecule has 3 rings (SSSR count).